The van der Waals surface area contributed by atoms with Crippen molar-refractivity contribution in [3.8, 4) is 5.75 Å². The Morgan fingerprint density at radius 1 is 1.50 bits per heavy atom. The van der Waals surface area contributed by atoms with Crippen LogP contribution in [0.3, 0.4) is 0 Å². The van der Waals surface area contributed by atoms with Crippen LogP contribution in [0.1, 0.15) is 30.0 Å². The van der Waals surface area contributed by atoms with Crippen molar-refractivity contribution < 1.29 is 4.74 Å². The van der Waals surface area contributed by atoms with E-state index in [0.717, 1.165) is 31.0 Å². The zero-order chi connectivity index (χ0) is 11.4. The van der Waals surface area contributed by atoms with E-state index in [0.29, 0.717) is 0 Å². The molecule has 16 heavy (non-hydrogen) atoms. The molecule has 3 heteroatoms. The summed E-state index contributed by atoms with van der Waals surface area (Å²) in [6.45, 7) is 0.785. The van der Waals surface area contributed by atoms with Gasteiger partial charge in [-0.25, -0.2) is 0 Å². The van der Waals surface area contributed by atoms with Gasteiger partial charge in [0.1, 0.15) is 5.75 Å². The molecule has 88 valence electrons. The van der Waals surface area contributed by atoms with Gasteiger partial charge in [0.2, 0.25) is 0 Å². The van der Waals surface area contributed by atoms with Gasteiger partial charge in [-0.1, -0.05) is 12.1 Å². The topological polar surface area (TPSA) is 35.2 Å². The van der Waals surface area contributed by atoms with Crippen LogP contribution in [0.25, 0.3) is 0 Å². The standard InChI is InChI=1S/C13H19NOS/c1-16-9-8-15-13-7-3-4-10-11(13)5-2-6-12(10)14/h3-4,7,12H,2,5-6,8-9,14H2,1H3. The van der Waals surface area contributed by atoms with Gasteiger partial charge < -0.3 is 10.5 Å². The van der Waals surface area contributed by atoms with Gasteiger partial charge in [-0.15, -0.1) is 0 Å². The van der Waals surface area contributed by atoms with E-state index in [9.17, 15) is 0 Å². The lowest BCUT2D eigenvalue weighted by Crippen LogP contribution is -2.18. The number of hydrogen-bond donors (Lipinski definition) is 1. The van der Waals surface area contributed by atoms with Crippen molar-refractivity contribution in [2.75, 3.05) is 18.6 Å². The van der Waals surface area contributed by atoms with Gasteiger partial charge >= 0.3 is 0 Å². The Bertz CT molecular complexity index is 354. The molecular formula is C13H19NOS. The SMILES string of the molecule is CSCCOc1cccc2c1CCCC2N. The van der Waals surface area contributed by atoms with Crippen molar-refractivity contribution in [3.05, 3.63) is 29.3 Å². The highest BCUT2D eigenvalue weighted by molar-refractivity contribution is 7.98. The highest BCUT2D eigenvalue weighted by atomic mass is 32.2. The van der Waals surface area contributed by atoms with E-state index < -0.39 is 0 Å². The maximum absolute atomic E-state index is 6.11. The minimum absolute atomic E-state index is 0.202. The van der Waals surface area contributed by atoms with Crippen LogP contribution in [-0.4, -0.2) is 18.6 Å². The second-order valence-electron chi connectivity index (χ2n) is 4.16. The molecule has 2 N–H and O–H groups in total. The summed E-state index contributed by atoms with van der Waals surface area (Å²) in [5, 5.41) is 0. The predicted octanol–water partition coefficient (Wildman–Crippen LogP) is 2.76. The molecule has 0 aromatic heterocycles. The molecule has 0 saturated heterocycles. The average molecular weight is 237 g/mol. The molecule has 2 nitrogen and oxygen atoms in total. The van der Waals surface area contributed by atoms with E-state index in [1.54, 1.807) is 0 Å². The van der Waals surface area contributed by atoms with Crippen molar-refractivity contribution >= 4 is 11.8 Å². The Morgan fingerprint density at radius 3 is 3.19 bits per heavy atom. The highest BCUT2D eigenvalue weighted by Gasteiger charge is 2.19. The largest absolute Gasteiger partial charge is 0.492 e. The van der Waals surface area contributed by atoms with Gasteiger partial charge in [0, 0.05) is 11.8 Å². The highest BCUT2D eigenvalue weighted by Crippen LogP contribution is 2.33. The number of nitrogens with two attached hydrogens (primary N) is 1. The molecule has 0 radical (unpaired) electrons. The van der Waals surface area contributed by atoms with Crippen molar-refractivity contribution in [2.45, 2.75) is 25.3 Å². The van der Waals surface area contributed by atoms with Crippen molar-refractivity contribution in [1.29, 1.82) is 0 Å². The number of thioether (sulfide) groups is 1. The first-order valence-electron chi connectivity index (χ1n) is 5.82. The molecule has 0 spiro atoms. The molecule has 1 aliphatic carbocycles. The van der Waals surface area contributed by atoms with Crippen LogP contribution >= 0.6 is 11.8 Å². The lowest BCUT2D eigenvalue weighted by Gasteiger charge is -2.24. The fourth-order valence-electron chi connectivity index (χ4n) is 2.22. The van der Waals surface area contributed by atoms with Crippen LogP contribution in [0.2, 0.25) is 0 Å². The smallest absolute Gasteiger partial charge is 0.122 e. The van der Waals surface area contributed by atoms with E-state index >= 15 is 0 Å². The summed E-state index contributed by atoms with van der Waals surface area (Å²) < 4.78 is 5.82. The Balaban J connectivity index is 2.15. The Morgan fingerprint density at radius 2 is 2.38 bits per heavy atom. The molecule has 1 unspecified atom stereocenters. The monoisotopic (exact) mass is 237 g/mol. The van der Waals surface area contributed by atoms with E-state index in [2.05, 4.69) is 24.5 Å². The van der Waals surface area contributed by atoms with E-state index in [4.69, 9.17) is 10.5 Å². The van der Waals surface area contributed by atoms with Gasteiger partial charge in [0.15, 0.2) is 0 Å². The Labute approximate surface area is 102 Å². The van der Waals surface area contributed by atoms with Crippen LogP contribution in [0.15, 0.2) is 18.2 Å². The van der Waals surface area contributed by atoms with E-state index in [-0.39, 0.29) is 6.04 Å². The molecule has 0 fully saturated rings. The number of fused-ring (bicyclic) bond motifs is 1. The summed E-state index contributed by atoms with van der Waals surface area (Å²) in [7, 11) is 0. The molecular weight excluding hydrogens is 218 g/mol. The zero-order valence-electron chi connectivity index (χ0n) is 9.74. The maximum Gasteiger partial charge on any atom is 0.122 e. The van der Waals surface area contributed by atoms with Crippen LogP contribution in [0.5, 0.6) is 5.75 Å². The van der Waals surface area contributed by atoms with Crippen LogP contribution in [0, 0.1) is 0 Å². The summed E-state index contributed by atoms with van der Waals surface area (Å²) in [6, 6.07) is 6.46. The van der Waals surface area contributed by atoms with E-state index in [1.165, 1.54) is 17.5 Å². The molecule has 0 saturated carbocycles. The molecule has 1 aromatic carbocycles. The molecule has 1 atom stereocenters. The van der Waals surface area contributed by atoms with Gasteiger partial charge in [-0.2, -0.15) is 11.8 Å². The van der Waals surface area contributed by atoms with Crippen molar-refractivity contribution in [2.24, 2.45) is 5.73 Å². The molecule has 0 bridgehead atoms. The number of rotatable bonds is 4. The first-order valence-corrected chi connectivity index (χ1v) is 7.21. The third-order valence-electron chi connectivity index (χ3n) is 3.06. The summed E-state index contributed by atoms with van der Waals surface area (Å²) in [5.41, 5.74) is 8.73. The second kappa shape index (κ2) is 5.60. The number of ether oxygens (including phenoxy) is 1. The Hall–Kier alpha value is -0.670. The normalized spacial score (nSPS) is 19.2. The van der Waals surface area contributed by atoms with Crippen molar-refractivity contribution in [1.82, 2.24) is 0 Å². The molecule has 0 amide bonds. The quantitative estimate of drug-likeness (QED) is 0.818. The Kier molecular flexibility index (Phi) is 4.13. The van der Waals surface area contributed by atoms with Crippen LogP contribution in [-0.2, 0) is 6.42 Å². The molecule has 1 aliphatic rings. The number of hydrogen-bond acceptors (Lipinski definition) is 3. The second-order valence-corrected chi connectivity index (χ2v) is 5.15. The first-order chi connectivity index (χ1) is 7.83. The van der Waals surface area contributed by atoms with Crippen LogP contribution < -0.4 is 10.5 Å². The number of benzene rings is 1. The third-order valence-corrected chi connectivity index (χ3v) is 3.63. The summed E-state index contributed by atoms with van der Waals surface area (Å²) in [4.78, 5) is 0. The molecule has 0 heterocycles. The molecule has 2 rings (SSSR count). The summed E-state index contributed by atoms with van der Waals surface area (Å²) >= 11 is 1.81. The van der Waals surface area contributed by atoms with Gasteiger partial charge in [0.05, 0.1) is 6.61 Å². The third kappa shape index (κ3) is 2.53. The fraction of sp³-hybridized carbons (Fsp3) is 0.538. The first kappa shape index (κ1) is 11.8. The molecule has 1 aromatic rings. The maximum atomic E-state index is 6.11. The average Bonchev–Trinajstić information content (AvgIpc) is 2.31. The zero-order valence-corrected chi connectivity index (χ0v) is 10.6. The molecule has 0 aliphatic heterocycles. The van der Waals surface area contributed by atoms with E-state index in [1.807, 2.05) is 11.8 Å². The minimum atomic E-state index is 0.202. The predicted molar refractivity (Wildman–Crippen MR) is 70.2 cm³/mol. The summed E-state index contributed by atoms with van der Waals surface area (Å²) in [5.74, 6) is 2.08. The minimum Gasteiger partial charge on any atom is -0.492 e. The van der Waals surface area contributed by atoms with Gasteiger partial charge in [0.25, 0.3) is 0 Å². The van der Waals surface area contributed by atoms with Crippen molar-refractivity contribution in [3.63, 3.8) is 0 Å². The summed E-state index contributed by atoms with van der Waals surface area (Å²) in [6.07, 6.45) is 5.48. The van der Waals surface area contributed by atoms with Gasteiger partial charge in [-0.05, 0) is 42.7 Å². The lowest BCUT2D eigenvalue weighted by molar-refractivity contribution is 0.337. The van der Waals surface area contributed by atoms with Crippen LogP contribution in [0.4, 0.5) is 0 Å². The lowest BCUT2D eigenvalue weighted by atomic mass is 9.88. The van der Waals surface area contributed by atoms with Gasteiger partial charge in [-0.3, -0.25) is 0 Å². The fourth-order valence-corrected chi connectivity index (χ4v) is 2.47.